The fraction of sp³-hybridized carbons (Fsp3) is 0.193. The molecule has 0 fully saturated rings. The summed E-state index contributed by atoms with van der Waals surface area (Å²) in [4.78, 5) is 101. The highest BCUT2D eigenvalue weighted by atomic mass is 19.4. The van der Waals surface area contributed by atoms with Crippen molar-refractivity contribution in [1.29, 1.82) is 0 Å². The zero-order valence-electron chi connectivity index (χ0n) is 75.5. The van der Waals surface area contributed by atoms with Crippen LogP contribution in [-0.4, -0.2) is 88.2 Å². The van der Waals surface area contributed by atoms with Crippen LogP contribution in [0.5, 0.6) is 40.2 Å². The second kappa shape index (κ2) is 42.8. The van der Waals surface area contributed by atoms with E-state index in [1.807, 2.05) is 178 Å². The summed E-state index contributed by atoms with van der Waals surface area (Å²) < 4.78 is 44.4. The van der Waals surface area contributed by atoms with Crippen LogP contribution >= 0.6 is 0 Å². The number of phenolic OH excluding ortho intramolecular Hbond substituents is 7. The number of phenols is 7. The number of carbonyl (C=O) groups is 8. The van der Waals surface area contributed by atoms with Crippen LogP contribution < -0.4 is 0 Å². The van der Waals surface area contributed by atoms with Gasteiger partial charge in [-0.2, -0.15) is 13.2 Å². The van der Waals surface area contributed by atoms with Crippen LogP contribution in [0.3, 0.4) is 0 Å². The van der Waals surface area contributed by atoms with Crippen molar-refractivity contribution in [2.75, 3.05) is 0 Å². The van der Waals surface area contributed by atoms with Crippen molar-refractivity contribution in [2.45, 2.75) is 145 Å². The van der Waals surface area contributed by atoms with E-state index >= 15 is 0 Å². The maximum absolute atomic E-state index is 14.8. The molecule has 0 aliphatic heterocycles. The van der Waals surface area contributed by atoms with Gasteiger partial charge in [-0.1, -0.05) is 313 Å². The van der Waals surface area contributed by atoms with Crippen molar-refractivity contribution < 1.29 is 87.3 Å². The lowest BCUT2D eigenvalue weighted by Gasteiger charge is -2.34. The zero-order valence-corrected chi connectivity index (χ0v) is 75.5. The number of benzene rings is 14. The molecule has 132 heavy (non-hydrogen) atoms. The summed E-state index contributed by atoms with van der Waals surface area (Å²) in [5.41, 5.74) is 14.4. The SMILES string of the molecule is Cc1ccc(C(=O)Cc2cc(C(C)(C)c3ccc(O)c(CC(=O)c4ccc(C)cc4)c3)ccc2O)cc1.Cc1ccc(C(=O)Cc2cc(C(C)(c3ccc(O)c(CC(=O)c4ccc(C)cc4)c3)C(F)(F)F)ccc2O)cc1.Cc1ccc(C(=O)Cc2cc(CC(=O)c3ccc(C)cc3)c(O)cc2O)cc1.Cc1ccc(C(=O)Cc2ccc(O)c(CC(=O)c3ccc(C)cc3)c2)cc1. The predicted molar refractivity (Wildman–Crippen MR) is 509 cm³/mol. The van der Waals surface area contributed by atoms with E-state index in [-0.39, 0.29) is 160 Å². The second-order valence-corrected chi connectivity index (χ2v) is 34.4. The Morgan fingerprint density at radius 2 is 0.379 bits per heavy atom. The van der Waals surface area contributed by atoms with Gasteiger partial charge in [0.15, 0.2) is 46.3 Å². The Morgan fingerprint density at radius 1 is 0.205 bits per heavy atom. The van der Waals surface area contributed by atoms with Crippen molar-refractivity contribution in [1.82, 2.24) is 0 Å². The highest BCUT2D eigenvalue weighted by Crippen LogP contribution is 2.48. The normalized spacial score (nSPS) is 11.2. The Morgan fingerprint density at radius 3 is 0.591 bits per heavy atom. The van der Waals surface area contributed by atoms with Crippen LogP contribution in [0.15, 0.2) is 297 Å². The van der Waals surface area contributed by atoms with Gasteiger partial charge in [-0.15, -0.1) is 0 Å². The third-order valence-corrected chi connectivity index (χ3v) is 23.7. The van der Waals surface area contributed by atoms with Crippen LogP contribution in [0, 0.1) is 55.4 Å². The maximum Gasteiger partial charge on any atom is 0.402 e. The van der Waals surface area contributed by atoms with Gasteiger partial charge >= 0.3 is 6.18 Å². The van der Waals surface area contributed by atoms with Crippen molar-refractivity contribution in [3.8, 4) is 40.2 Å². The lowest BCUT2D eigenvalue weighted by atomic mass is 9.74. The van der Waals surface area contributed by atoms with Crippen LogP contribution in [0.1, 0.15) is 215 Å². The smallest absolute Gasteiger partial charge is 0.402 e. The first kappa shape index (κ1) is 97.4. The number of ketones is 8. The van der Waals surface area contributed by atoms with E-state index in [0.29, 0.717) is 72.3 Å². The first-order valence-electron chi connectivity index (χ1n) is 43.1. The summed E-state index contributed by atoms with van der Waals surface area (Å²) in [6.07, 6.45) is -4.89. The standard InChI is InChI=1S/C33H29F3O4.C33H32O4.C24H22O4.C24H22O3/c1-20-4-8-22(9-5-20)30(39)18-24-16-26(12-14-28(24)37)32(3,33(34,35)36)27-13-15-29(38)25(17-27)19-31(40)23-10-6-21(2)7-11-23;1-21-5-9-23(10-6-21)31(36)19-25-17-27(13-15-29(25)34)33(3,4)28-14-16-30(35)26(18-28)20-32(37)24-11-7-22(2)8-12-24;1-15-3-7-17(8-4-15)21(25)12-19-11-20(24(28)14-23(19)27)13-22(26)18-9-5-16(2)6-10-18;1-16-3-8-19(9-4-16)23(26)14-18-7-12-22(25)21(13-18)15-24(27)20-10-5-17(2)6-11-20/h4-17,37-38H,18-19H2,1-3H3;5-18,34-35H,19-20H2,1-4H3;3-11,14,27-28H,12-13H2,1-2H3;3-13,25H,14-15H2,1-2H3. The number of carbonyl (C=O) groups excluding carboxylic acids is 8. The van der Waals surface area contributed by atoms with E-state index in [9.17, 15) is 87.3 Å². The molecule has 0 aliphatic rings. The highest BCUT2D eigenvalue weighted by Gasteiger charge is 2.54. The van der Waals surface area contributed by atoms with Crippen LogP contribution in [-0.2, 0) is 62.2 Å². The van der Waals surface area contributed by atoms with E-state index in [1.54, 1.807) is 140 Å². The molecule has 18 heteroatoms. The molecular formula is C114H105F3O15. The molecule has 0 aromatic heterocycles. The zero-order chi connectivity index (χ0) is 95.6. The van der Waals surface area contributed by atoms with Gasteiger partial charge in [0.25, 0.3) is 0 Å². The molecule has 0 spiro atoms. The molecule has 0 saturated carbocycles. The van der Waals surface area contributed by atoms with Crippen molar-refractivity contribution >= 4 is 46.3 Å². The molecule has 14 aromatic carbocycles. The largest absolute Gasteiger partial charge is 0.508 e. The van der Waals surface area contributed by atoms with Gasteiger partial charge in [0.05, 0.1) is 0 Å². The van der Waals surface area contributed by atoms with Crippen molar-refractivity contribution in [2.24, 2.45) is 0 Å². The predicted octanol–water partition coefficient (Wildman–Crippen LogP) is 23.8. The Hall–Kier alpha value is -15.2. The first-order chi connectivity index (χ1) is 62.6. The molecule has 0 bridgehead atoms. The summed E-state index contributed by atoms with van der Waals surface area (Å²) >= 11 is 0. The average Bonchev–Trinajstić information content (AvgIpc) is 0.745. The minimum atomic E-state index is -4.79. The third kappa shape index (κ3) is 25.2. The summed E-state index contributed by atoms with van der Waals surface area (Å²) in [6.45, 7) is 20.6. The number of Topliss-reactive ketones (excluding diaryl/α,β-unsaturated/α-hetero) is 8. The minimum absolute atomic E-state index is 0.0106. The maximum atomic E-state index is 14.8. The summed E-state index contributed by atoms with van der Waals surface area (Å²) in [7, 11) is 0. The van der Waals surface area contributed by atoms with Crippen LogP contribution in [0.2, 0.25) is 0 Å². The molecule has 0 atom stereocenters. The Labute approximate surface area is 766 Å². The molecule has 0 heterocycles. The number of hydrogen-bond donors (Lipinski definition) is 7. The number of alkyl halides is 3. The van der Waals surface area contributed by atoms with Gasteiger partial charge < -0.3 is 35.7 Å². The summed E-state index contributed by atoms with van der Waals surface area (Å²) in [5, 5.41) is 72.2. The average molecular weight is 1770 g/mol. The fourth-order valence-electron chi connectivity index (χ4n) is 14.9. The van der Waals surface area contributed by atoms with Gasteiger partial charge in [-0.25, -0.2) is 0 Å². The van der Waals surface area contributed by atoms with Gasteiger partial charge in [-0.3, -0.25) is 38.4 Å². The van der Waals surface area contributed by atoms with E-state index in [2.05, 4.69) is 0 Å². The fourth-order valence-corrected chi connectivity index (χ4v) is 14.9. The van der Waals surface area contributed by atoms with Crippen LogP contribution in [0.25, 0.3) is 0 Å². The quantitative estimate of drug-likeness (QED) is 0.0225. The van der Waals surface area contributed by atoms with Gasteiger partial charge in [0.1, 0.15) is 45.7 Å². The number of halogens is 3. The van der Waals surface area contributed by atoms with E-state index in [0.717, 1.165) is 80.3 Å². The van der Waals surface area contributed by atoms with Crippen molar-refractivity contribution in [3.63, 3.8) is 0 Å². The van der Waals surface area contributed by atoms with E-state index < -0.39 is 17.0 Å². The lowest BCUT2D eigenvalue weighted by molar-refractivity contribution is -0.173. The first-order valence-corrected chi connectivity index (χ1v) is 43.1. The number of aryl methyl sites for hydroxylation is 8. The summed E-state index contributed by atoms with van der Waals surface area (Å²) in [5.74, 6) is -1.82. The highest BCUT2D eigenvalue weighted by molar-refractivity contribution is 6.02. The molecule has 15 nitrogen and oxygen atoms in total. The molecule has 672 valence electrons. The van der Waals surface area contributed by atoms with Gasteiger partial charge in [0, 0.05) is 146 Å². The van der Waals surface area contributed by atoms with Gasteiger partial charge in [0.2, 0.25) is 0 Å². The van der Waals surface area contributed by atoms with Crippen molar-refractivity contribution in [3.05, 3.63) is 453 Å². The number of aromatic hydroxyl groups is 7. The Kier molecular flexibility index (Phi) is 31.6. The molecule has 0 unspecified atom stereocenters. The molecule has 14 aromatic rings. The Bertz CT molecular complexity index is 6270. The molecule has 14 rings (SSSR count). The van der Waals surface area contributed by atoms with Gasteiger partial charge in [-0.05, 0) is 127 Å². The second-order valence-electron chi connectivity index (χ2n) is 34.4. The number of rotatable bonds is 28. The molecule has 0 saturated heterocycles. The molecule has 0 aliphatic carbocycles. The van der Waals surface area contributed by atoms with Crippen LogP contribution in [0.4, 0.5) is 13.2 Å². The third-order valence-electron chi connectivity index (χ3n) is 23.7. The van der Waals surface area contributed by atoms with E-state index in [4.69, 9.17) is 0 Å². The molecule has 0 radical (unpaired) electrons. The molecule has 7 N–H and O–H groups in total. The topological polar surface area (TPSA) is 278 Å². The minimum Gasteiger partial charge on any atom is -0.508 e. The lowest BCUT2D eigenvalue weighted by Crippen LogP contribution is -2.40. The summed E-state index contributed by atoms with van der Waals surface area (Å²) in [6, 6.07) is 83.1. The molecule has 0 amide bonds. The van der Waals surface area contributed by atoms with E-state index in [1.165, 1.54) is 36.4 Å². The number of hydrogen-bond acceptors (Lipinski definition) is 15. The Balaban J connectivity index is 0.000000172. The monoisotopic (exact) mass is 1770 g/mol. The molecular weight excluding hydrogens is 1670 g/mol.